The molecule has 0 saturated carbocycles. The fourth-order valence-electron chi connectivity index (χ4n) is 1.04. The summed E-state index contributed by atoms with van der Waals surface area (Å²) in [5, 5.41) is 8.61. The zero-order chi connectivity index (χ0) is 10.7. The van der Waals surface area contributed by atoms with Gasteiger partial charge in [0.1, 0.15) is 11.8 Å². The summed E-state index contributed by atoms with van der Waals surface area (Å²) in [6.07, 6.45) is -2.89. The van der Waals surface area contributed by atoms with Crippen molar-refractivity contribution >= 4 is 11.6 Å². The van der Waals surface area contributed by atoms with Gasteiger partial charge in [0.05, 0.1) is 5.56 Å². The van der Waals surface area contributed by atoms with Crippen LogP contribution < -0.4 is 5.56 Å². The number of nitrogens with zero attached hydrogens (tertiary/aromatic N) is 1. The first-order chi connectivity index (χ1) is 6.60. The van der Waals surface area contributed by atoms with E-state index < -0.39 is 17.7 Å². The second-order valence-electron chi connectivity index (χ2n) is 2.49. The van der Waals surface area contributed by atoms with Gasteiger partial charge in [-0.1, -0.05) is 0 Å². The molecule has 0 unspecified atom stereocenters. The van der Waals surface area contributed by atoms with Crippen molar-refractivity contribution in [2.24, 2.45) is 0 Å². The van der Waals surface area contributed by atoms with Crippen molar-refractivity contribution in [1.82, 2.24) is 4.98 Å². The summed E-state index contributed by atoms with van der Waals surface area (Å²) in [5.74, 6) is -0.146. The summed E-state index contributed by atoms with van der Waals surface area (Å²) in [6.45, 7) is 0. The maximum absolute atomic E-state index is 12.3. The Hall–Kier alpha value is -1.41. The molecule has 0 saturated heterocycles. The SMILES string of the molecule is N#Cc1c(CCl)cc(=O)[nH]c1C(F)F. The summed E-state index contributed by atoms with van der Waals surface area (Å²) in [6, 6.07) is 2.63. The molecule has 0 radical (unpaired) electrons. The maximum atomic E-state index is 12.3. The molecule has 1 N–H and O–H groups in total. The number of H-pyrrole nitrogens is 1. The van der Waals surface area contributed by atoms with Gasteiger partial charge < -0.3 is 4.98 Å². The molecular formula is C8H5ClF2N2O. The molecule has 0 fully saturated rings. The number of nitrogens with one attached hydrogen (secondary N) is 1. The Kier molecular flexibility index (Phi) is 3.20. The molecule has 0 atom stereocenters. The Bertz CT molecular complexity index is 436. The maximum Gasteiger partial charge on any atom is 0.279 e. The van der Waals surface area contributed by atoms with Gasteiger partial charge in [0.15, 0.2) is 0 Å². The molecule has 74 valence electrons. The van der Waals surface area contributed by atoms with Crippen molar-refractivity contribution in [3.63, 3.8) is 0 Å². The highest BCUT2D eigenvalue weighted by Gasteiger charge is 2.17. The van der Waals surface area contributed by atoms with Crippen LogP contribution in [-0.4, -0.2) is 4.98 Å². The van der Waals surface area contributed by atoms with E-state index in [0.717, 1.165) is 6.07 Å². The van der Waals surface area contributed by atoms with E-state index in [1.807, 2.05) is 4.98 Å². The van der Waals surface area contributed by atoms with Gasteiger partial charge in [0, 0.05) is 11.9 Å². The number of aromatic amines is 1. The average molecular weight is 219 g/mol. The van der Waals surface area contributed by atoms with Crippen LogP contribution in [0.15, 0.2) is 10.9 Å². The summed E-state index contributed by atoms with van der Waals surface area (Å²) in [5.41, 5.74) is -1.49. The van der Waals surface area contributed by atoms with E-state index >= 15 is 0 Å². The zero-order valence-electron chi connectivity index (χ0n) is 6.85. The van der Waals surface area contributed by atoms with E-state index in [9.17, 15) is 13.6 Å². The van der Waals surface area contributed by atoms with Crippen LogP contribution in [0.2, 0.25) is 0 Å². The summed E-state index contributed by atoms with van der Waals surface area (Å²) < 4.78 is 24.7. The van der Waals surface area contributed by atoms with Gasteiger partial charge >= 0.3 is 0 Å². The van der Waals surface area contributed by atoms with E-state index in [-0.39, 0.29) is 17.0 Å². The third-order valence-electron chi connectivity index (χ3n) is 1.63. The van der Waals surface area contributed by atoms with Crippen molar-refractivity contribution in [3.05, 3.63) is 33.2 Å². The zero-order valence-corrected chi connectivity index (χ0v) is 7.61. The summed E-state index contributed by atoms with van der Waals surface area (Å²) in [7, 11) is 0. The van der Waals surface area contributed by atoms with E-state index in [4.69, 9.17) is 16.9 Å². The Morgan fingerprint density at radius 2 is 2.29 bits per heavy atom. The van der Waals surface area contributed by atoms with Crippen molar-refractivity contribution in [2.75, 3.05) is 0 Å². The summed E-state index contributed by atoms with van der Waals surface area (Å²) >= 11 is 5.41. The van der Waals surface area contributed by atoms with Gasteiger partial charge in [0.25, 0.3) is 6.43 Å². The second-order valence-corrected chi connectivity index (χ2v) is 2.76. The van der Waals surface area contributed by atoms with Gasteiger partial charge in [-0.15, -0.1) is 11.6 Å². The van der Waals surface area contributed by atoms with Crippen molar-refractivity contribution in [1.29, 1.82) is 5.26 Å². The molecule has 0 bridgehead atoms. The van der Waals surface area contributed by atoms with Crippen molar-refractivity contribution in [3.8, 4) is 6.07 Å². The molecule has 0 aliphatic rings. The molecule has 0 aliphatic carbocycles. The highest BCUT2D eigenvalue weighted by molar-refractivity contribution is 6.17. The lowest BCUT2D eigenvalue weighted by molar-refractivity contribution is 0.145. The number of aromatic nitrogens is 1. The first-order valence-electron chi connectivity index (χ1n) is 3.60. The number of alkyl halides is 3. The van der Waals surface area contributed by atoms with Crippen LogP contribution in [0.5, 0.6) is 0 Å². The molecule has 0 aliphatic heterocycles. The van der Waals surface area contributed by atoms with Crippen LogP contribution in [0.4, 0.5) is 8.78 Å². The van der Waals surface area contributed by atoms with Gasteiger partial charge in [0.2, 0.25) is 5.56 Å². The quantitative estimate of drug-likeness (QED) is 0.771. The normalized spacial score (nSPS) is 10.2. The van der Waals surface area contributed by atoms with Gasteiger partial charge in [-0.25, -0.2) is 8.78 Å². The minimum absolute atomic E-state index is 0.119. The molecule has 6 heteroatoms. The smallest absolute Gasteiger partial charge is 0.279 e. The molecule has 1 aromatic rings. The molecule has 1 aromatic heterocycles. The fourth-order valence-corrected chi connectivity index (χ4v) is 1.25. The lowest BCUT2D eigenvalue weighted by Crippen LogP contribution is -2.12. The minimum Gasteiger partial charge on any atom is -0.320 e. The van der Waals surface area contributed by atoms with Crippen LogP contribution in [0.25, 0.3) is 0 Å². The first-order valence-corrected chi connectivity index (χ1v) is 4.14. The fraction of sp³-hybridized carbons (Fsp3) is 0.250. The lowest BCUT2D eigenvalue weighted by atomic mass is 10.1. The van der Waals surface area contributed by atoms with Crippen molar-refractivity contribution in [2.45, 2.75) is 12.3 Å². The molecule has 1 rings (SSSR count). The molecule has 0 amide bonds. The molecule has 0 aromatic carbocycles. The van der Waals surface area contributed by atoms with Gasteiger partial charge in [-0.05, 0) is 5.56 Å². The number of hydrogen-bond acceptors (Lipinski definition) is 2. The topological polar surface area (TPSA) is 56.6 Å². The standard InChI is InChI=1S/C8H5ClF2N2O/c9-2-4-1-6(14)13-7(8(10)11)5(4)3-12/h1,8H,2H2,(H,13,14). The third kappa shape index (κ3) is 1.91. The van der Waals surface area contributed by atoms with Crippen LogP contribution in [0.3, 0.4) is 0 Å². The molecular weight excluding hydrogens is 214 g/mol. The predicted molar refractivity (Wildman–Crippen MR) is 46.3 cm³/mol. The Morgan fingerprint density at radius 1 is 1.64 bits per heavy atom. The van der Waals surface area contributed by atoms with E-state index in [2.05, 4.69) is 0 Å². The van der Waals surface area contributed by atoms with Gasteiger partial charge in [-0.2, -0.15) is 5.26 Å². The van der Waals surface area contributed by atoms with Gasteiger partial charge in [-0.3, -0.25) is 4.79 Å². The summed E-state index contributed by atoms with van der Waals surface area (Å²) in [4.78, 5) is 12.8. The highest BCUT2D eigenvalue weighted by atomic mass is 35.5. The number of hydrogen-bond donors (Lipinski definition) is 1. The number of pyridine rings is 1. The Balaban J connectivity index is 3.49. The van der Waals surface area contributed by atoms with Crippen molar-refractivity contribution < 1.29 is 8.78 Å². The third-order valence-corrected chi connectivity index (χ3v) is 1.92. The molecule has 0 spiro atoms. The van der Waals surface area contributed by atoms with Crippen LogP contribution >= 0.6 is 11.6 Å². The van der Waals surface area contributed by atoms with E-state index in [0.29, 0.717) is 0 Å². The Labute approximate surface area is 82.9 Å². The predicted octanol–water partition coefficient (Wildman–Crippen LogP) is 1.92. The number of halogens is 3. The van der Waals surface area contributed by atoms with Crippen LogP contribution in [-0.2, 0) is 5.88 Å². The van der Waals surface area contributed by atoms with Crippen LogP contribution in [0.1, 0.15) is 23.2 Å². The monoisotopic (exact) mass is 218 g/mol. The average Bonchev–Trinajstić information content (AvgIpc) is 2.16. The molecule has 14 heavy (non-hydrogen) atoms. The lowest BCUT2D eigenvalue weighted by Gasteiger charge is -2.05. The number of rotatable bonds is 2. The van der Waals surface area contributed by atoms with Crippen LogP contribution in [0, 0.1) is 11.3 Å². The molecule has 1 heterocycles. The Morgan fingerprint density at radius 3 is 2.71 bits per heavy atom. The number of nitriles is 1. The van der Waals surface area contributed by atoms with E-state index in [1.54, 1.807) is 6.07 Å². The highest BCUT2D eigenvalue weighted by Crippen LogP contribution is 2.21. The molecule has 3 nitrogen and oxygen atoms in total. The minimum atomic E-state index is -2.89. The van der Waals surface area contributed by atoms with E-state index in [1.165, 1.54) is 0 Å². The second kappa shape index (κ2) is 4.20. The largest absolute Gasteiger partial charge is 0.320 e. The first kappa shape index (κ1) is 10.7.